The highest BCUT2D eigenvalue weighted by atomic mass is 19.1. The maximum atomic E-state index is 13.1. The number of hydrogen-bond donors (Lipinski definition) is 1. The minimum atomic E-state index is -0.567. The van der Waals surface area contributed by atoms with Crippen LogP contribution in [-0.2, 0) is 0 Å². The van der Waals surface area contributed by atoms with Crippen molar-refractivity contribution in [1.82, 2.24) is 10.2 Å². The first-order chi connectivity index (χ1) is 6.34. The summed E-state index contributed by atoms with van der Waals surface area (Å²) in [5, 5.41) is 3.35. The maximum Gasteiger partial charge on any atom is 0.113 e. The zero-order valence-corrected chi connectivity index (χ0v) is 8.14. The van der Waals surface area contributed by atoms with Crippen LogP contribution in [0.1, 0.15) is 19.3 Å². The third kappa shape index (κ3) is 2.64. The van der Waals surface area contributed by atoms with Crippen molar-refractivity contribution in [2.24, 2.45) is 5.92 Å². The molecule has 0 amide bonds. The fraction of sp³-hybridized carbons (Fsp3) is 1.00. The van der Waals surface area contributed by atoms with Gasteiger partial charge < -0.3 is 10.2 Å². The van der Waals surface area contributed by atoms with Crippen LogP contribution in [0.2, 0.25) is 0 Å². The molecule has 2 atom stereocenters. The van der Waals surface area contributed by atoms with Gasteiger partial charge in [-0.2, -0.15) is 0 Å². The summed E-state index contributed by atoms with van der Waals surface area (Å²) in [5.74, 6) is 0.769. The molecular formula is C10H19FN2. The number of nitrogens with zero attached hydrogens (tertiary/aromatic N) is 1. The van der Waals surface area contributed by atoms with Gasteiger partial charge in [-0.15, -0.1) is 0 Å². The zero-order valence-electron chi connectivity index (χ0n) is 8.14. The Morgan fingerprint density at radius 3 is 3.00 bits per heavy atom. The van der Waals surface area contributed by atoms with Gasteiger partial charge in [-0.1, -0.05) is 0 Å². The summed E-state index contributed by atoms with van der Waals surface area (Å²) in [6, 6.07) is 0. The Kier molecular flexibility index (Phi) is 3.17. The van der Waals surface area contributed by atoms with E-state index in [0.29, 0.717) is 6.54 Å². The fourth-order valence-corrected chi connectivity index (χ4v) is 2.40. The lowest BCUT2D eigenvalue weighted by Crippen LogP contribution is -2.39. The van der Waals surface area contributed by atoms with Crippen molar-refractivity contribution in [2.75, 3.05) is 32.7 Å². The van der Waals surface area contributed by atoms with E-state index in [2.05, 4.69) is 10.2 Å². The van der Waals surface area contributed by atoms with Crippen molar-refractivity contribution >= 4 is 0 Å². The quantitative estimate of drug-likeness (QED) is 0.693. The fourth-order valence-electron chi connectivity index (χ4n) is 2.40. The molecule has 3 heteroatoms. The van der Waals surface area contributed by atoms with Crippen LogP contribution in [0.25, 0.3) is 0 Å². The number of alkyl halides is 1. The Bertz CT molecular complexity index is 157. The van der Waals surface area contributed by atoms with Gasteiger partial charge in [0.2, 0.25) is 0 Å². The second kappa shape index (κ2) is 4.38. The molecule has 0 aromatic heterocycles. The van der Waals surface area contributed by atoms with Gasteiger partial charge in [0.1, 0.15) is 6.17 Å². The predicted molar refractivity (Wildman–Crippen MR) is 51.5 cm³/mol. The molecule has 2 aliphatic rings. The molecule has 0 saturated carbocycles. The molecule has 1 unspecified atom stereocenters. The van der Waals surface area contributed by atoms with Crippen molar-refractivity contribution in [1.29, 1.82) is 0 Å². The number of piperidine rings is 1. The minimum Gasteiger partial charge on any atom is -0.316 e. The molecule has 0 aromatic carbocycles. The lowest BCUT2D eigenvalue weighted by atomic mass is 10.0. The lowest BCUT2D eigenvalue weighted by Gasteiger charge is -2.30. The number of halogens is 1. The Labute approximate surface area is 79.5 Å². The molecule has 2 saturated heterocycles. The van der Waals surface area contributed by atoms with E-state index >= 15 is 0 Å². The molecule has 0 spiro atoms. The molecule has 0 bridgehead atoms. The van der Waals surface area contributed by atoms with E-state index in [9.17, 15) is 4.39 Å². The molecule has 2 nitrogen and oxygen atoms in total. The van der Waals surface area contributed by atoms with Gasteiger partial charge >= 0.3 is 0 Å². The summed E-state index contributed by atoms with van der Waals surface area (Å²) in [4.78, 5) is 2.30. The smallest absolute Gasteiger partial charge is 0.113 e. The summed E-state index contributed by atoms with van der Waals surface area (Å²) < 4.78 is 13.1. The van der Waals surface area contributed by atoms with E-state index in [0.717, 1.165) is 44.9 Å². The number of nitrogens with one attached hydrogen (secondary N) is 1. The molecule has 1 N–H and O–H groups in total. The third-order valence-corrected chi connectivity index (χ3v) is 3.13. The van der Waals surface area contributed by atoms with Crippen LogP contribution < -0.4 is 5.32 Å². The van der Waals surface area contributed by atoms with Crippen LogP contribution in [0.4, 0.5) is 4.39 Å². The van der Waals surface area contributed by atoms with Gasteiger partial charge in [-0.05, 0) is 44.8 Å². The average Bonchev–Trinajstić information content (AvgIpc) is 2.57. The Morgan fingerprint density at radius 2 is 2.31 bits per heavy atom. The van der Waals surface area contributed by atoms with Crippen molar-refractivity contribution in [3.8, 4) is 0 Å². The molecule has 0 aromatic rings. The monoisotopic (exact) mass is 186 g/mol. The number of hydrogen-bond acceptors (Lipinski definition) is 2. The van der Waals surface area contributed by atoms with Gasteiger partial charge in [0.05, 0.1) is 0 Å². The van der Waals surface area contributed by atoms with E-state index in [-0.39, 0.29) is 0 Å². The van der Waals surface area contributed by atoms with Crippen LogP contribution >= 0.6 is 0 Å². The van der Waals surface area contributed by atoms with Gasteiger partial charge in [0.25, 0.3) is 0 Å². The lowest BCUT2D eigenvalue weighted by molar-refractivity contribution is 0.125. The molecule has 0 aliphatic carbocycles. The Morgan fingerprint density at radius 1 is 1.38 bits per heavy atom. The average molecular weight is 186 g/mol. The highest BCUT2D eigenvalue weighted by molar-refractivity contribution is 4.78. The molecule has 0 radical (unpaired) electrons. The molecule has 76 valence electrons. The molecular weight excluding hydrogens is 167 g/mol. The van der Waals surface area contributed by atoms with Gasteiger partial charge in [0.15, 0.2) is 0 Å². The van der Waals surface area contributed by atoms with E-state index < -0.39 is 6.17 Å². The highest BCUT2D eigenvalue weighted by Crippen LogP contribution is 2.16. The van der Waals surface area contributed by atoms with Crippen LogP contribution in [0.3, 0.4) is 0 Å². The van der Waals surface area contributed by atoms with Crippen LogP contribution in [-0.4, -0.2) is 43.8 Å². The highest BCUT2D eigenvalue weighted by Gasteiger charge is 2.23. The number of likely N-dealkylation sites (tertiary alicyclic amines) is 1. The van der Waals surface area contributed by atoms with Crippen LogP contribution in [0.15, 0.2) is 0 Å². The molecule has 2 fully saturated rings. The third-order valence-electron chi connectivity index (χ3n) is 3.13. The van der Waals surface area contributed by atoms with Gasteiger partial charge in [-0.3, -0.25) is 0 Å². The zero-order chi connectivity index (χ0) is 9.10. The summed E-state index contributed by atoms with van der Waals surface area (Å²) in [7, 11) is 0. The summed E-state index contributed by atoms with van der Waals surface area (Å²) in [6.07, 6.45) is 2.52. The molecule has 13 heavy (non-hydrogen) atoms. The van der Waals surface area contributed by atoms with Gasteiger partial charge in [-0.25, -0.2) is 4.39 Å². The minimum absolute atomic E-state index is 0.567. The second-order valence-corrected chi connectivity index (χ2v) is 4.36. The first-order valence-electron chi connectivity index (χ1n) is 5.42. The van der Waals surface area contributed by atoms with Crippen molar-refractivity contribution < 1.29 is 4.39 Å². The predicted octanol–water partition coefficient (Wildman–Crippen LogP) is 1.03. The van der Waals surface area contributed by atoms with Crippen molar-refractivity contribution in [2.45, 2.75) is 25.4 Å². The van der Waals surface area contributed by atoms with Crippen LogP contribution in [0.5, 0.6) is 0 Å². The van der Waals surface area contributed by atoms with Gasteiger partial charge in [0, 0.05) is 13.1 Å². The largest absolute Gasteiger partial charge is 0.316 e. The maximum absolute atomic E-state index is 13.1. The number of rotatable bonds is 2. The standard InChI is InChI=1S/C10H19FN2/c11-10-2-1-5-13(8-10)7-9-3-4-12-6-9/h9-10,12H,1-8H2/t9-,10?/m1/s1. The second-order valence-electron chi connectivity index (χ2n) is 4.36. The SMILES string of the molecule is FC1CCCN(C[C@@H]2CCNC2)C1. The summed E-state index contributed by atoms with van der Waals surface area (Å²) >= 11 is 0. The van der Waals surface area contributed by atoms with Crippen molar-refractivity contribution in [3.63, 3.8) is 0 Å². The topological polar surface area (TPSA) is 15.3 Å². The van der Waals surface area contributed by atoms with E-state index in [1.54, 1.807) is 0 Å². The van der Waals surface area contributed by atoms with E-state index in [4.69, 9.17) is 0 Å². The summed E-state index contributed by atoms with van der Waals surface area (Å²) in [5.41, 5.74) is 0. The first-order valence-corrected chi connectivity index (χ1v) is 5.42. The van der Waals surface area contributed by atoms with Crippen molar-refractivity contribution in [3.05, 3.63) is 0 Å². The van der Waals surface area contributed by atoms with Crippen LogP contribution in [0, 0.1) is 5.92 Å². The molecule has 2 aliphatic heterocycles. The van der Waals surface area contributed by atoms with E-state index in [1.807, 2.05) is 0 Å². The first kappa shape index (κ1) is 9.41. The Hall–Kier alpha value is -0.150. The Balaban J connectivity index is 1.73. The van der Waals surface area contributed by atoms with E-state index in [1.165, 1.54) is 6.42 Å². The molecule has 2 rings (SSSR count). The normalized spacial score (nSPS) is 36.7. The molecule has 2 heterocycles. The summed E-state index contributed by atoms with van der Waals surface area (Å²) in [6.45, 7) is 5.17.